The van der Waals surface area contributed by atoms with Gasteiger partial charge < -0.3 is 4.74 Å². The fraction of sp³-hybridized carbons (Fsp3) is 0.593. The van der Waals surface area contributed by atoms with Crippen molar-refractivity contribution in [2.24, 2.45) is 5.92 Å². The Bertz CT molecular complexity index is 675. The Morgan fingerprint density at radius 2 is 1.69 bits per heavy atom. The normalized spacial score (nSPS) is 17.2. The Kier molecular flexibility index (Phi) is 9.21. The molecule has 1 aromatic carbocycles. The summed E-state index contributed by atoms with van der Waals surface area (Å²) < 4.78 is 8.79. The molecule has 1 aliphatic carbocycles. The highest BCUT2D eigenvalue weighted by Crippen LogP contribution is 2.33. The Hall–Kier alpha value is -1.67. The van der Waals surface area contributed by atoms with Crippen molar-refractivity contribution < 1.29 is 9.30 Å². The maximum absolute atomic E-state index is 6.55. The fourth-order valence-corrected chi connectivity index (χ4v) is 4.57. The fourth-order valence-electron chi connectivity index (χ4n) is 4.57. The van der Waals surface area contributed by atoms with Gasteiger partial charge in [-0.1, -0.05) is 82.7 Å². The van der Waals surface area contributed by atoms with Crippen molar-refractivity contribution in [1.29, 1.82) is 0 Å². The lowest BCUT2D eigenvalue weighted by Crippen LogP contribution is -2.37. The van der Waals surface area contributed by atoms with Crippen LogP contribution in [0.1, 0.15) is 94.8 Å². The van der Waals surface area contributed by atoms with Gasteiger partial charge in [-0.05, 0) is 42.2 Å². The molecule has 0 saturated heterocycles. The lowest BCUT2D eigenvalue weighted by atomic mass is 9.84. The van der Waals surface area contributed by atoms with Crippen LogP contribution in [0.5, 0.6) is 0 Å². The summed E-state index contributed by atoms with van der Waals surface area (Å²) in [4.78, 5) is 0. The summed E-state index contributed by atoms with van der Waals surface area (Å²) >= 11 is 0. The Morgan fingerprint density at radius 1 is 0.966 bits per heavy atom. The first-order chi connectivity index (χ1) is 14.3. The predicted octanol–water partition coefficient (Wildman–Crippen LogP) is 7.00. The molecule has 2 unspecified atom stereocenters. The highest BCUT2D eigenvalue weighted by molar-refractivity contribution is 5.27. The number of rotatable bonds is 11. The van der Waals surface area contributed by atoms with Gasteiger partial charge in [0.2, 0.25) is 0 Å². The number of ether oxygens (including phenoxy) is 1. The number of nitrogens with zero attached hydrogens (tertiary/aromatic N) is 1. The van der Waals surface area contributed by atoms with Crippen LogP contribution in [-0.4, -0.2) is 6.61 Å². The van der Waals surface area contributed by atoms with Gasteiger partial charge >= 0.3 is 0 Å². The molecule has 2 nitrogen and oxygen atoms in total. The van der Waals surface area contributed by atoms with E-state index in [1.165, 1.54) is 68.9 Å². The van der Waals surface area contributed by atoms with E-state index in [1.807, 2.05) is 0 Å². The summed E-state index contributed by atoms with van der Waals surface area (Å²) in [5.74, 6) is 1.43. The summed E-state index contributed by atoms with van der Waals surface area (Å²) in [6.45, 7) is 6.30. The van der Waals surface area contributed by atoms with Crippen molar-refractivity contribution in [1.82, 2.24) is 0 Å². The minimum absolute atomic E-state index is 0.110. The van der Waals surface area contributed by atoms with E-state index in [1.54, 1.807) is 0 Å². The summed E-state index contributed by atoms with van der Waals surface area (Å²) in [7, 11) is 0. The van der Waals surface area contributed by atoms with Crippen molar-refractivity contribution >= 4 is 0 Å². The molecule has 158 valence electrons. The molecule has 2 atom stereocenters. The van der Waals surface area contributed by atoms with Crippen molar-refractivity contribution in [2.75, 3.05) is 6.61 Å². The second-order valence-electron chi connectivity index (χ2n) is 8.81. The molecular formula is C27H40NO+. The van der Waals surface area contributed by atoms with Crippen molar-refractivity contribution in [3.8, 4) is 0 Å². The van der Waals surface area contributed by atoms with Gasteiger partial charge in [-0.15, -0.1) is 0 Å². The molecule has 1 aliphatic rings. The number of hydrogen-bond donors (Lipinski definition) is 0. The van der Waals surface area contributed by atoms with E-state index in [4.69, 9.17) is 4.74 Å². The zero-order valence-corrected chi connectivity index (χ0v) is 18.6. The molecule has 0 aliphatic heterocycles. The van der Waals surface area contributed by atoms with Gasteiger partial charge in [0, 0.05) is 12.1 Å². The van der Waals surface area contributed by atoms with Gasteiger partial charge in [-0.25, -0.2) is 4.57 Å². The molecule has 2 heteroatoms. The van der Waals surface area contributed by atoms with E-state index in [0.29, 0.717) is 5.92 Å². The SMILES string of the molecule is CCCCC(CC)COC(C[n+]1ccccc1)c1ccc(C2CCCCC2)cc1. The van der Waals surface area contributed by atoms with Crippen LogP contribution in [0, 0.1) is 5.92 Å². The first kappa shape index (κ1) is 22.0. The average Bonchev–Trinajstić information content (AvgIpc) is 2.80. The van der Waals surface area contributed by atoms with Crippen LogP contribution in [0.4, 0.5) is 0 Å². The van der Waals surface area contributed by atoms with E-state index < -0.39 is 0 Å². The summed E-state index contributed by atoms with van der Waals surface area (Å²) in [5.41, 5.74) is 2.83. The molecule has 0 bridgehead atoms. The maximum Gasteiger partial charge on any atom is 0.178 e. The van der Waals surface area contributed by atoms with Gasteiger partial charge in [0.25, 0.3) is 0 Å². The Labute approximate surface area is 178 Å². The number of pyridine rings is 1. The first-order valence-corrected chi connectivity index (χ1v) is 12.0. The van der Waals surface area contributed by atoms with E-state index in [-0.39, 0.29) is 6.10 Å². The first-order valence-electron chi connectivity index (χ1n) is 12.0. The monoisotopic (exact) mass is 394 g/mol. The van der Waals surface area contributed by atoms with Crippen LogP contribution in [0.3, 0.4) is 0 Å². The second kappa shape index (κ2) is 12.1. The van der Waals surface area contributed by atoms with Crippen molar-refractivity contribution in [3.05, 3.63) is 66.0 Å². The Balaban J connectivity index is 1.69. The van der Waals surface area contributed by atoms with Crippen molar-refractivity contribution in [3.63, 3.8) is 0 Å². The largest absolute Gasteiger partial charge is 0.367 e. The second-order valence-corrected chi connectivity index (χ2v) is 8.81. The Morgan fingerprint density at radius 3 is 2.34 bits per heavy atom. The van der Waals surface area contributed by atoms with Gasteiger partial charge in [0.1, 0.15) is 6.10 Å². The standard InChI is InChI=1S/C27H40NO/c1-3-5-12-23(4-2)22-29-27(21-28-19-10-7-11-20-28)26-17-15-25(16-18-26)24-13-8-6-9-14-24/h7,10-11,15-20,23-24,27H,3-6,8-9,12-14,21-22H2,1-2H3/q+1. The number of hydrogen-bond acceptors (Lipinski definition) is 1. The minimum Gasteiger partial charge on any atom is -0.367 e. The average molecular weight is 395 g/mol. The smallest absolute Gasteiger partial charge is 0.178 e. The van der Waals surface area contributed by atoms with Gasteiger partial charge in [0.05, 0.1) is 6.61 Å². The zero-order chi connectivity index (χ0) is 20.3. The number of aromatic nitrogens is 1. The van der Waals surface area contributed by atoms with E-state index >= 15 is 0 Å². The van der Waals surface area contributed by atoms with Crippen LogP contribution >= 0.6 is 0 Å². The summed E-state index contributed by atoms with van der Waals surface area (Å²) in [6, 6.07) is 15.6. The molecule has 1 fully saturated rings. The van der Waals surface area contributed by atoms with E-state index in [2.05, 4.69) is 73.3 Å². The molecule has 29 heavy (non-hydrogen) atoms. The maximum atomic E-state index is 6.55. The highest BCUT2D eigenvalue weighted by Gasteiger charge is 2.21. The topological polar surface area (TPSA) is 13.1 Å². The third kappa shape index (κ3) is 6.96. The third-order valence-corrected chi connectivity index (χ3v) is 6.62. The summed E-state index contributed by atoms with van der Waals surface area (Å²) in [6.07, 6.45) is 16.3. The lowest BCUT2D eigenvalue weighted by Gasteiger charge is -2.23. The molecule has 0 spiro atoms. The van der Waals surface area contributed by atoms with Crippen LogP contribution < -0.4 is 4.57 Å². The molecule has 0 radical (unpaired) electrons. The van der Waals surface area contributed by atoms with E-state index in [9.17, 15) is 0 Å². The van der Waals surface area contributed by atoms with Crippen molar-refractivity contribution in [2.45, 2.75) is 90.2 Å². The molecule has 3 rings (SSSR count). The molecular weight excluding hydrogens is 354 g/mol. The highest BCUT2D eigenvalue weighted by atomic mass is 16.5. The minimum atomic E-state index is 0.110. The lowest BCUT2D eigenvalue weighted by molar-refractivity contribution is -0.705. The van der Waals surface area contributed by atoms with Crippen LogP contribution in [0.2, 0.25) is 0 Å². The van der Waals surface area contributed by atoms with Gasteiger partial charge in [-0.3, -0.25) is 0 Å². The molecule has 1 saturated carbocycles. The van der Waals surface area contributed by atoms with Crippen LogP contribution in [0.25, 0.3) is 0 Å². The quantitative estimate of drug-likeness (QED) is 0.374. The number of unbranched alkanes of at least 4 members (excludes halogenated alkanes) is 1. The summed E-state index contributed by atoms with van der Waals surface area (Å²) in [5, 5.41) is 0. The number of benzene rings is 1. The van der Waals surface area contributed by atoms with Crippen LogP contribution in [-0.2, 0) is 11.3 Å². The zero-order valence-electron chi connectivity index (χ0n) is 18.6. The third-order valence-electron chi connectivity index (χ3n) is 6.62. The van der Waals surface area contributed by atoms with Gasteiger partial charge in [-0.2, -0.15) is 0 Å². The molecule has 0 amide bonds. The molecule has 0 N–H and O–H groups in total. The molecule has 2 aromatic rings. The van der Waals surface area contributed by atoms with Crippen LogP contribution in [0.15, 0.2) is 54.9 Å². The predicted molar refractivity (Wildman–Crippen MR) is 121 cm³/mol. The molecule has 1 aromatic heterocycles. The molecule has 1 heterocycles. The van der Waals surface area contributed by atoms with E-state index in [0.717, 1.165) is 19.1 Å². The van der Waals surface area contributed by atoms with Gasteiger partial charge in [0.15, 0.2) is 18.9 Å².